The van der Waals surface area contributed by atoms with Crippen LogP contribution in [0.4, 0.5) is 5.69 Å². The van der Waals surface area contributed by atoms with Crippen LogP contribution in [-0.2, 0) is 0 Å². The first-order chi connectivity index (χ1) is 7.06. The van der Waals surface area contributed by atoms with Gasteiger partial charge >= 0.3 is 0 Å². The molecule has 0 aliphatic heterocycles. The summed E-state index contributed by atoms with van der Waals surface area (Å²) in [5.74, 6) is 0. The van der Waals surface area contributed by atoms with Crippen LogP contribution in [0.1, 0.15) is 11.7 Å². The van der Waals surface area contributed by atoms with E-state index in [9.17, 15) is 5.11 Å². The summed E-state index contributed by atoms with van der Waals surface area (Å²) in [6.07, 6.45) is -0.494. The molecule has 84 valence electrons. The molecule has 0 aliphatic carbocycles. The second-order valence-corrected chi connectivity index (χ2v) is 4.09. The Labute approximate surface area is 95.7 Å². The Morgan fingerprint density at radius 2 is 2.13 bits per heavy atom. The van der Waals surface area contributed by atoms with Crippen molar-refractivity contribution in [2.24, 2.45) is 0 Å². The molecular weight excluding hydrogens is 212 g/mol. The van der Waals surface area contributed by atoms with E-state index < -0.39 is 6.10 Å². The first kappa shape index (κ1) is 12.3. The number of nitrogens with one attached hydrogen (secondary N) is 1. The molecule has 0 saturated carbocycles. The molecule has 0 fully saturated rings. The quantitative estimate of drug-likeness (QED) is 0.823. The van der Waals surface area contributed by atoms with Crippen LogP contribution in [0.15, 0.2) is 18.2 Å². The number of nitrogens with zero attached hydrogens (tertiary/aromatic N) is 1. The molecule has 15 heavy (non-hydrogen) atoms. The second-order valence-electron chi connectivity index (χ2n) is 3.68. The van der Waals surface area contributed by atoms with Crippen LogP contribution in [0.3, 0.4) is 0 Å². The van der Waals surface area contributed by atoms with Crippen molar-refractivity contribution in [3.63, 3.8) is 0 Å². The third kappa shape index (κ3) is 3.09. The summed E-state index contributed by atoms with van der Waals surface area (Å²) in [7, 11) is 5.66. The summed E-state index contributed by atoms with van der Waals surface area (Å²) >= 11 is 6.03. The third-order valence-electron chi connectivity index (χ3n) is 2.23. The van der Waals surface area contributed by atoms with Crippen LogP contribution < -0.4 is 10.2 Å². The standard InChI is InChI=1S/C11H17ClN2O/c1-13-7-11(15)8-4-5-9(12)10(6-8)14(2)3/h4-6,11,13,15H,7H2,1-3H3. The summed E-state index contributed by atoms with van der Waals surface area (Å²) in [5, 5.41) is 13.4. The molecular formula is C11H17ClN2O. The molecule has 1 aromatic rings. The van der Waals surface area contributed by atoms with E-state index in [0.717, 1.165) is 11.3 Å². The maximum absolute atomic E-state index is 9.79. The van der Waals surface area contributed by atoms with E-state index in [4.69, 9.17) is 11.6 Å². The Morgan fingerprint density at radius 1 is 1.47 bits per heavy atom. The Bertz CT molecular complexity index is 328. The van der Waals surface area contributed by atoms with Gasteiger partial charge in [-0.15, -0.1) is 0 Å². The average molecular weight is 229 g/mol. The van der Waals surface area contributed by atoms with Gasteiger partial charge in [-0.25, -0.2) is 0 Å². The normalized spacial score (nSPS) is 12.6. The lowest BCUT2D eigenvalue weighted by Crippen LogP contribution is -2.17. The van der Waals surface area contributed by atoms with Crippen LogP contribution in [0.2, 0.25) is 5.02 Å². The first-order valence-electron chi connectivity index (χ1n) is 4.85. The molecule has 1 unspecified atom stereocenters. The second kappa shape index (κ2) is 5.35. The summed E-state index contributed by atoms with van der Waals surface area (Å²) < 4.78 is 0. The molecule has 0 bridgehead atoms. The number of benzene rings is 1. The highest BCUT2D eigenvalue weighted by Gasteiger charge is 2.09. The van der Waals surface area contributed by atoms with Gasteiger partial charge in [0.25, 0.3) is 0 Å². The van der Waals surface area contributed by atoms with Crippen molar-refractivity contribution >= 4 is 17.3 Å². The van der Waals surface area contributed by atoms with Crippen molar-refractivity contribution in [1.82, 2.24) is 5.32 Å². The summed E-state index contributed by atoms with van der Waals surface area (Å²) in [4.78, 5) is 1.93. The molecule has 0 aliphatic rings. The van der Waals surface area contributed by atoms with E-state index in [1.54, 1.807) is 0 Å². The average Bonchev–Trinajstić information content (AvgIpc) is 2.18. The molecule has 2 N–H and O–H groups in total. The van der Waals surface area contributed by atoms with Gasteiger partial charge in [-0.2, -0.15) is 0 Å². The van der Waals surface area contributed by atoms with Gasteiger partial charge < -0.3 is 15.3 Å². The zero-order chi connectivity index (χ0) is 11.4. The molecule has 0 amide bonds. The lowest BCUT2D eigenvalue weighted by atomic mass is 10.1. The minimum absolute atomic E-state index is 0.494. The first-order valence-corrected chi connectivity index (χ1v) is 5.23. The molecule has 1 atom stereocenters. The number of anilines is 1. The summed E-state index contributed by atoms with van der Waals surface area (Å²) in [6, 6.07) is 5.56. The highest BCUT2D eigenvalue weighted by Crippen LogP contribution is 2.27. The lowest BCUT2D eigenvalue weighted by molar-refractivity contribution is 0.178. The molecule has 0 radical (unpaired) electrons. The van der Waals surface area contributed by atoms with Crippen molar-refractivity contribution in [2.75, 3.05) is 32.6 Å². The largest absolute Gasteiger partial charge is 0.387 e. The number of aliphatic hydroxyl groups excluding tert-OH is 1. The third-order valence-corrected chi connectivity index (χ3v) is 2.55. The predicted molar refractivity (Wildman–Crippen MR) is 64.7 cm³/mol. The van der Waals surface area contributed by atoms with Crippen LogP contribution in [0.25, 0.3) is 0 Å². The fourth-order valence-electron chi connectivity index (χ4n) is 1.39. The van der Waals surface area contributed by atoms with Crippen LogP contribution >= 0.6 is 11.6 Å². The van der Waals surface area contributed by atoms with Gasteiger partial charge in [-0.3, -0.25) is 0 Å². The topological polar surface area (TPSA) is 35.5 Å². The molecule has 0 saturated heterocycles. The van der Waals surface area contributed by atoms with Gasteiger partial charge in [-0.1, -0.05) is 17.7 Å². The molecule has 1 aromatic carbocycles. The number of hydrogen-bond donors (Lipinski definition) is 2. The van der Waals surface area contributed by atoms with Crippen LogP contribution in [0, 0.1) is 0 Å². The lowest BCUT2D eigenvalue weighted by Gasteiger charge is -2.17. The van der Waals surface area contributed by atoms with Crippen molar-refractivity contribution in [1.29, 1.82) is 0 Å². The van der Waals surface area contributed by atoms with E-state index in [-0.39, 0.29) is 0 Å². The van der Waals surface area contributed by atoms with E-state index in [1.807, 2.05) is 44.2 Å². The highest BCUT2D eigenvalue weighted by atomic mass is 35.5. The van der Waals surface area contributed by atoms with Crippen molar-refractivity contribution in [2.45, 2.75) is 6.10 Å². The molecule has 4 heteroatoms. The van der Waals surface area contributed by atoms with E-state index in [2.05, 4.69) is 5.32 Å². The summed E-state index contributed by atoms with van der Waals surface area (Å²) in [5.41, 5.74) is 1.79. The van der Waals surface area contributed by atoms with Crippen molar-refractivity contribution in [3.05, 3.63) is 28.8 Å². The zero-order valence-electron chi connectivity index (χ0n) is 9.29. The molecule has 0 aromatic heterocycles. The fraction of sp³-hybridized carbons (Fsp3) is 0.455. The molecule has 0 spiro atoms. The Hall–Kier alpha value is -0.770. The van der Waals surface area contributed by atoms with Gasteiger partial charge in [-0.05, 0) is 24.7 Å². The molecule has 3 nitrogen and oxygen atoms in total. The minimum atomic E-state index is -0.494. The van der Waals surface area contributed by atoms with E-state index in [1.165, 1.54) is 0 Å². The number of likely N-dealkylation sites (N-methyl/N-ethyl adjacent to an activating group) is 1. The Morgan fingerprint density at radius 3 is 2.67 bits per heavy atom. The van der Waals surface area contributed by atoms with Gasteiger partial charge in [0.2, 0.25) is 0 Å². The highest BCUT2D eigenvalue weighted by molar-refractivity contribution is 6.33. The zero-order valence-corrected chi connectivity index (χ0v) is 10.0. The van der Waals surface area contributed by atoms with Crippen molar-refractivity contribution in [3.8, 4) is 0 Å². The smallest absolute Gasteiger partial charge is 0.0915 e. The predicted octanol–water partition coefficient (Wildman–Crippen LogP) is 1.66. The van der Waals surface area contributed by atoms with Gasteiger partial charge in [0.15, 0.2) is 0 Å². The fourth-order valence-corrected chi connectivity index (χ4v) is 1.68. The molecule has 0 heterocycles. The number of aliphatic hydroxyl groups is 1. The van der Waals surface area contributed by atoms with Gasteiger partial charge in [0, 0.05) is 20.6 Å². The van der Waals surface area contributed by atoms with Gasteiger partial charge in [0.05, 0.1) is 16.8 Å². The molecule has 1 rings (SSSR count). The van der Waals surface area contributed by atoms with E-state index >= 15 is 0 Å². The maximum Gasteiger partial charge on any atom is 0.0915 e. The monoisotopic (exact) mass is 228 g/mol. The SMILES string of the molecule is CNCC(O)c1ccc(Cl)c(N(C)C)c1. The number of hydrogen-bond acceptors (Lipinski definition) is 3. The van der Waals surface area contributed by atoms with Crippen LogP contribution in [-0.4, -0.2) is 32.8 Å². The van der Waals surface area contributed by atoms with Crippen LogP contribution in [0.5, 0.6) is 0 Å². The summed E-state index contributed by atoms with van der Waals surface area (Å²) in [6.45, 7) is 0.536. The number of halogens is 1. The maximum atomic E-state index is 9.79. The van der Waals surface area contributed by atoms with Gasteiger partial charge in [0.1, 0.15) is 0 Å². The minimum Gasteiger partial charge on any atom is -0.387 e. The Balaban J connectivity index is 2.96. The van der Waals surface area contributed by atoms with Crippen molar-refractivity contribution < 1.29 is 5.11 Å². The number of rotatable bonds is 4. The van der Waals surface area contributed by atoms with E-state index in [0.29, 0.717) is 11.6 Å². The Kier molecular flexibility index (Phi) is 4.39.